The first-order valence-corrected chi connectivity index (χ1v) is 6.20. The molecule has 0 amide bonds. The molecule has 14 heavy (non-hydrogen) atoms. The topological polar surface area (TPSA) is 35.2 Å². The number of fused-ring (bicyclic) bond motifs is 2. The van der Waals surface area contributed by atoms with Crippen LogP contribution in [0.15, 0.2) is 0 Å². The van der Waals surface area contributed by atoms with Crippen LogP contribution in [-0.4, -0.2) is 19.3 Å². The van der Waals surface area contributed by atoms with Crippen LogP contribution in [0.3, 0.4) is 0 Å². The van der Waals surface area contributed by atoms with Gasteiger partial charge in [0.15, 0.2) is 0 Å². The average molecular weight is 195 g/mol. The Morgan fingerprint density at radius 3 is 2.71 bits per heavy atom. The van der Waals surface area contributed by atoms with Crippen molar-refractivity contribution < 1.29 is 4.74 Å². The van der Waals surface area contributed by atoms with Crippen molar-refractivity contribution in [2.24, 2.45) is 23.0 Å². The summed E-state index contributed by atoms with van der Waals surface area (Å²) in [5.41, 5.74) is 6.47. The largest absolute Gasteiger partial charge is 0.377 e. The molecule has 2 heteroatoms. The molecule has 3 atom stereocenters. The fourth-order valence-electron chi connectivity index (χ4n) is 4.43. The van der Waals surface area contributed by atoms with E-state index in [1.54, 1.807) is 0 Å². The number of hydrogen-bond donors (Lipinski definition) is 1. The summed E-state index contributed by atoms with van der Waals surface area (Å²) >= 11 is 0. The number of rotatable bonds is 1. The predicted octanol–water partition coefficient (Wildman–Crippen LogP) is 1.93. The molecule has 0 radical (unpaired) electrons. The Kier molecular flexibility index (Phi) is 2.10. The molecule has 2 saturated carbocycles. The van der Waals surface area contributed by atoms with Crippen LogP contribution in [-0.2, 0) is 4.74 Å². The van der Waals surface area contributed by atoms with Crippen molar-refractivity contribution in [2.45, 2.75) is 44.6 Å². The number of ether oxygens (including phenoxy) is 1. The fraction of sp³-hybridized carbons (Fsp3) is 1.00. The van der Waals surface area contributed by atoms with Crippen molar-refractivity contribution in [2.75, 3.05) is 13.2 Å². The lowest BCUT2D eigenvalue weighted by Gasteiger charge is -2.61. The highest BCUT2D eigenvalue weighted by atomic mass is 16.5. The van der Waals surface area contributed by atoms with Gasteiger partial charge in [0.1, 0.15) is 0 Å². The van der Waals surface area contributed by atoms with Crippen molar-refractivity contribution >= 4 is 0 Å². The third-order valence-electron chi connectivity index (χ3n) is 4.98. The van der Waals surface area contributed by atoms with Gasteiger partial charge in [0.2, 0.25) is 0 Å². The molecule has 0 aromatic heterocycles. The maximum atomic E-state index is 5.99. The lowest BCUT2D eigenvalue weighted by atomic mass is 9.49. The van der Waals surface area contributed by atoms with Gasteiger partial charge in [-0.1, -0.05) is 12.8 Å². The van der Waals surface area contributed by atoms with Crippen molar-refractivity contribution in [3.8, 4) is 0 Å². The maximum Gasteiger partial charge on any atom is 0.0666 e. The van der Waals surface area contributed by atoms with Crippen molar-refractivity contribution in [1.29, 1.82) is 0 Å². The minimum absolute atomic E-state index is 0.528. The summed E-state index contributed by atoms with van der Waals surface area (Å²) in [5, 5.41) is 0. The molecule has 0 bridgehead atoms. The molecule has 80 valence electrons. The monoisotopic (exact) mass is 195 g/mol. The van der Waals surface area contributed by atoms with E-state index in [1.807, 2.05) is 0 Å². The first kappa shape index (κ1) is 9.17. The van der Waals surface area contributed by atoms with E-state index in [9.17, 15) is 0 Å². The van der Waals surface area contributed by atoms with Crippen LogP contribution in [0.25, 0.3) is 0 Å². The van der Waals surface area contributed by atoms with Crippen LogP contribution >= 0.6 is 0 Å². The Labute approximate surface area is 86.2 Å². The van der Waals surface area contributed by atoms with Crippen molar-refractivity contribution in [3.63, 3.8) is 0 Å². The van der Waals surface area contributed by atoms with Gasteiger partial charge in [-0.05, 0) is 44.1 Å². The molecule has 0 aromatic carbocycles. The average Bonchev–Trinajstić information content (AvgIpc) is 2.69. The Morgan fingerprint density at radius 2 is 2.00 bits per heavy atom. The first-order chi connectivity index (χ1) is 6.88. The highest BCUT2D eigenvalue weighted by Gasteiger charge is 2.62. The Hall–Kier alpha value is -0.0800. The maximum absolute atomic E-state index is 5.99. The summed E-state index contributed by atoms with van der Waals surface area (Å²) in [6.07, 6.45) is 8.80. The molecule has 2 N–H and O–H groups in total. The highest BCUT2D eigenvalue weighted by molar-refractivity contribution is 5.11. The molecule has 1 spiro atoms. The Morgan fingerprint density at radius 1 is 1.21 bits per heavy atom. The van der Waals surface area contributed by atoms with Gasteiger partial charge in [0, 0.05) is 12.0 Å². The fourth-order valence-corrected chi connectivity index (χ4v) is 4.43. The van der Waals surface area contributed by atoms with Gasteiger partial charge in [0.25, 0.3) is 0 Å². The summed E-state index contributed by atoms with van der Waals surface area (Å²) in [7, 11) is 0. The summed E-state index contributed by atoms with van der Waals surface area (Å²) in [6, 6.07) is 0. The van der Waals surface area contributed by atoms with Crippen LogP contribution < -0.4 is 5.73 Å². The van der Waals surface area contributed by atoms with Gasteiger partial charge < -0.3 is 10.5 Å². The molecular formula is C12H21NO. The van der Waals surface area contributed by atoms with Gasteiger partial charge in [-0.3, -0.25) is 0 Å². The van der Waals surface area contributed by atoms with E-state index < -0.39 is 0 Å². The van der Waals surface area contributed by atoms with E-state index in [1.165, 1.54) is 38.5 Å². The smallest absolute Gasteiger partial charge is 0.0666 e. The molecule has 2 nitrogen and oxygen atoms in total. The zero-order valence-electron chi connectivity index (χ0n) is 8.87. The normalized spacial score (nSPS) is 44.8. The molecule has 0 aromatic rings. The lowest BCUT2D eigenvalue weighted by molar-refractivity contribution is -0.224. The van der Waals surface area contributed by atoms with Crippen LogP contribution in [0, 0.1) is 17.3 Å². The Bertz CT molecular complexity index is 214. The van der Waals surface area contributed by atoms with E-state index in [-0.39, 0.29) is 0 Å². The standard InChI is InChI=1S/C12H21NO/c13-8-10-9-4-3-7-14-11(9)12(10)5-1-2-6-12/h9-11H,1-8,13H2/t9-,10-,11-/m1/s1. The summed E-state index contributed by atoms with van der Waals surface area (Å²) < 4.78 is 5.99. The van der Waals surface area contributed by atoms with E-state index in [2.05, 4.69) is 0 Å². The summed E-state index contributed by atoms with van der Waals surface area (Å²) in [5.74, 6) is 1.60. The van der Waals surface area contributed by atoms with Crippen LogP contribution in [0.4, 0.5) is 0 Å². The minimum atomic E-state index is 0.528. The molecule has 1 heterocycles. The third kappa shape index (κ3) is 0.989. The van der Waals surface area contributed by atoms with Crippen molar-refractivity contribution in [1.82, 2.24) is 0 Å². The highest BCUT2D eigenvalue weighted by Crippen LogP contribution is 2.63. The van der Waals surface area contributed by atoms with Gasteiger partial charge in [-0.25, -0.2) is 0 Å². The molecule has 0 unspecified atom stereocenters. The van der Waals surface area contributed by atoms with Crippen molar-refractivity contribution in [3.05, 3.63) is 0 Å². The molecule has 3 rings (SSSR count). The van der Waals surface area contributed by atoms with E-state index in [0.29, 0.717) is 11.5 Å². The molecule has 2 aliphatic carbocycles. The second-order valence-corrected chi connectivity index (χ2v) is 5.38. The molecular weight excluding hydrogens is 174 g/mol. The molecule has 3 aliphatic rings. The second-order valence-electron chi connectivity index (χ2n) is 5.38. The SMILES string of the molecule is NC[C@@H]1[C@H]2CCCO[C@H]2C12CCCC2. The molecule has 3 fully saturated rings. The van der Waals surface area contributed by atoms with E-state index >= 15 is 0 Å². The van der Waals surface area contributed by atoms with E-state index in [0.717, 1.165) is 25.0 Å². The van der Waals surface area contributed by atoms with Gasteiger partial charge in [-0.2, -0.15) is 0 Å². The number of nitrogens with two attached hydrogens (primary N) is 1. The van der Waals surface area contributed by atoms with Crippen LogP contribution in [0.2, 0.25) is 0 Å². The molecule has 1 saturated heterocycles. The third-order valence-corrected chi connectivity index (χ3v) is 4.98. The first-order valence-electron chi connectivity index (χ1n) is 6.20. The minimum Gasteiger partial charge on any atom is -0.377 e. The van der Waals surface area contributed by atoms with Crippen LogP contribution in [0.5, 0.6) is 0 Å². The van der Waals surface area contributed by atoms with Gasteiger partial charge in [0.05, 0.1) is 6.10 Å². The number of hydrogen-bond acceptors (Lipinski definition) is 2. The Balaban J connectivity index is 1.82. The van der Waals surface area contributed by atoms with E-state index in [4.69, 9.17) is 10.5 Å². The summed E-state index contributed by atoms with van der Waals surface area (Å²) in [4.78, 5) is 0. The van der Waals surface area contributed by atoms with Gasteiger partial charge in [-0.15, -0.1) is 0 Å². The van der Waals surface area contributed by atoms with Gasteiger partial charge >= 0.3 is 0 Å². The second kappa shape index (κ2) is 3.21. The zero-order chi connectivity index (χ0) is 9.60. The summed E-state index contributed by atoms with van der Waals surface area (Å²) in [6.45, 7) is 1.89. The molecule has 1 aliphatic heterocycles. The quantitative estimate of drug-likeness (QED) is 0.694. The lowest BCUT2D eigenvalue weighted by Crippen LogP contribution is -2.64. The van der Waals surface area contributed by atoms with Crippen LogP contribution in [0.1, 0.15) is 38.5 Å². The predicted molar refractivity (Wildman–Crippen MR) is 55.9 cm³/mol. The zero-order valence-corrected chi connectivity index (χ0v) is 8.87.